The Bertz CT molecular complexity index is 2860. The van der Waals surface area contributed by atoms with Crippen LogP contribution in [0.25, 0.3) is 72.8 Å². The predicted molar refractivity (Wildman–Crippen MR) is 231 cm³/mol. The van der Waals surface area contributed by atoms with Gasteiger partial charge in [-0.2, -0.15) is 9.97 Å². The Hall–Kier alpha value is -7.63. The second-order valence-corrected chi connectivity index (χ2v) is 13.7. The summed E-state index contributed by atoms with van der Waals surface area (Å²) >= 11 is 0. The van der Waals surface area contributed by atoms with Gasteiger partial charge in [0.15, 0.2) is 11.6 Å². The lowest BCUT2D eigenvalue weighted by Gasteiger charge is -2.27. The maximum absolute atomic E-state index is 5.25. The van der Waals surface area contributed by atoms with E-state index < -0.39 is 0 Å². The van der Waals surface area contributed by atoms with E-state index in [0.717, 1.165) is 72.2 Å². The first-order valence-corrected chi connectivity index (χ1v) is 18.8. The van der Waals surface area contributed by atoms with E-state index in [4.69, 9.17) is 15.0 Å². The first kappa shape index (κ1) is 33.0. The zero-order chi connectivity index (χ0) is 37.3. The SMILES string of the molecule is c1ccc(-c2ccccc2-c2nc(-c3ccc(-c4ccccc4N(c4ccccc4)c4ccccc4)cc3)nc(-n3c4ccccc4c4ccccc43)n2)cc1. The highest BCUT2D eigenvalue weighted by atomic mass is 15.2. The Kier molecular flexibility index (Phi) is 8.43. The lowest BCUT2D eigenvalue weighted by molar-refractivity contribution is 0.953. The van der Waals surface area contributed by atoms with Gasteiger partial charge < -0.3 is 4.90 Å². The number of hydrogen-bond donors (Lipinski definition) is 0. The number of rotatable bonds is 8. The number of nitrogens with zero attached hydrogens (tertiary/aromatic N) is 5. The van der Waals surface area contributed by atoms with Gasteiger partial charge in [0.05, 0.1) is 16.7 Å². The van der Waals surface area contributed by atoms with Crippen molar-refractivity contribution in [1.29, 1.82) is 0 Å². The number of benzene rings is 8. The van der Waals surface area contributed by atoms with Crippen molar-refractivity contribution in [1.82, 2.24) is 19.5 Å². The fourth-order valence-corrected chi connectivity index (χ4v) is 7.69. The third-order valence-corrected chi connectivity index (χ3v) is 10.3. The predicted octanol–water partition coefficient (Wildman–Crippen LogP) is 13.1. The molecule has 0 atom stereocenters. The van der Waals surface area contributed by atoms with Crippen molar-refractivity contribution in [2.75, 3.05) is 4.90 Å². The molecule has 5 heteroatoms. The third kappa shape index (κ3) is 5.98. The topological polar surface area (TPSA) is 46.8 Å². The van der Waals surface area contributed by atoms with E-state index in [1.54, 1.807) is 0 Å². The fraction of sp³-hybridized carbons (Fsp3) is 0. The summed E-state index contributed by atoms with van der Waals surface area (Å²) in [6.45, 7) is 0. The van der Waals surface area contributed by atoms with Gasteiger partial charge in [-0.05, 0) is 59.2 Å². The minimum atomic E-state index is 0.570. The summed E-state index contributed by atoms with van der Waals surface area (Å²) in [6.07, 6.45) is 0. The van der Waals surface area contributed by atoms with E-state index in [1.165, 1.54) is 0 Å². The normalized spacial score (nSPS) is 11.2. The molecule has 0 fully saturated rings. The van der Waals surface area contributed by atoms with Gasteiger partial charge in [-0.15, -0.1) is 0 Å². The van der Waals surface area contributed by atoms with Gasteiger partial charge in [-0.1, -0.05) is 170 Å². The van der Waals surface area contributed by atoms with Crippen LogP contribution in [0.2, 0.25) is 0 Å². The van der Waals surface area contributed by atoms with Crippen LogP contribution >= 0.6 is 0 Å². The molecule has 0 saturated heterocycles. The number of para-hydroxylation sites is 5. The van der Waals surface area contributed by atoms with E-state index >= 15 is 0 Å². The van der Waals surface area contributed by atoms with E-state index in [0.29, 0.717) is 17.6 Å². The Balaban J connectivity index is 1.14. The van der Waals surface area contributed by atoms with Crippen LogP contribution in [-0.4, -0.2) is 19.5 Å². The van der Waals surface area contributed by atoms with Gasteiger partial charge in [0.1, 0.15) is 0 Å². The molecule has 0 unspecified atom stereocenters. The Morgan fingerprint density at radius 3 is 1.39 bits per heavy atom. The van der Waals surface area contributed by atoms with Gasteiger partial charge in [0.25, 0.3) is 0 Å². The zero-order valence-electron chi connectivity index (χ0n) is 30.4. The van der Waals surface area contributed by atoms with Crippen LogP contribution in [0.3, 0.4) is 0 Å². The van der Waals surface area contributed by atoms with Gasteiger partial charge in [-0.25, -0.2) is 4.98 Å². The molecule has 0 aliphatic carbocycles. The largest absolute Gasteiger partial charge is 0.310 e. The maximum Gasteiger partial charge on any atom is 0.238 e. The van der Waals surface area contributed by atoms with Crippen LogP contribution in [0.15, 0.2) is 212 Å². The van der Waals surface area contributed by atoms with Gasteiger partial charge in [-0.3, -0.25) is 4.57 Å². The van der Waals surface area contributed by atoms with Gasteiger partial charge in [0, 0.05) is 38.8 Å². The molecule has 0 bridgehead atoms. The molecule has 0 saturated carbocycles. The maximum atomic E-state index is 5.25. The lowest BCUT2D eigenvalue weighted by atomic mass is 9.99. The highest BCUT2D eigenvalue weighted by molar-refractivity contribution is 6.09. The lowest BCUT2D eigenvalue weighted by Crippen LogP contribution is -2.10. The Labute approximate surface area is 325 Å². The van der Waals surface area contributed by atoms with Crippen molar-refractivity contribution in [3.8, 4) is 51.0 Å². The van der Waals surface area contributed by atoms with E-state index in [1.807, 2.05) is 12.1 Å². The molecule has 0 radical (unpaired) electrons. The summed E-state index contributed by atoms with van der Waals surface area (Å²) in [7, 11) is 0. The molecular weight excluding hydrogens is 683 g/mol. The molecule has 0 aliphatic heterocycles. The van der Waals surface area contributed by atoms with Crippen LogP contribution in [0.4, 0.5) is 17.1 Å². The molecule has 5 nitrogen and oxygen atoms in total. The zero-order valence-corrected chi connectivity index (χ0v) is 30.4. The second-order valence-electron chi connectivity index (χ2n) is 13.7. The monoisotopic (exact) mass is 717 g/mol. The molecule has 0 N–H and O–H groups in total. The Morgan fingerprint density at radius 1 is 0.321 bits per heavy atom. The summed E-state index contributed by atoms with van der Waals surface area (Å²) in [5, 5.41) is 2.30. The van der Waals surface area contributed by atoms with Gasteiger partial charge >= 0.3 is 0 Å². The average molecular weight is 718 g/mol. The summed E-state index contributed by atoms with van der Waals surface area (Å²) in [4.78, 5) is 18.0. The number of aromatic nitrogens is 4. The average Bonchev–Trinajstić information content (AvgIpc) is 3.62. The number of hydrogen-bond acceptors (Lipinski definition) is 4. The van der Waals surface area contributed by atoms with Crippen molar-refractivity contribution >= 4 is 38.9 Å². The van der Waals surface area contributed by atoms with Crippen molar-refractivity contribution in [3.63, 3.8) is 0 Å². The highest BCUT2D eigenvalue weighted by Crippen LogP contribution is 2.41. The van der Waals surface area contributed by atoms with Crippen molar-refractivity contribution < 1.29 is 0 Å². The highest BCUT2D eigenvalue weighted by Gasteiger charge is 2.20. The molecule has 0 spiro atoms. The first-order valence-electron chi connectivity index (χ1n) is 18.8. The van der Waals surface area contributed by atoms with E-state index in [9.17, 15) is 0 Å². The molecule has 10 rings (SSSR count). The molecule has 2 heterocycles. The molecular formula is C51H35N5. The molecule has 0 aliphatic rings. The second kappa shape index (κ2) is 14.3. The van der Waals surface area contributed by atoms with E-state index in [2.05, 4.69) is 210 Å². The van der Waals surface area contributed by atoms with Crippen LogP contribution in [0.1, 0.15) is 0 Å². The fourth-order valence-electron chi connectivity index (χ4n) is 7.69. The number of fused-ring (bicyclic) bond motifs is 3. The van der Waals surface area contributed by atoms with Crippen molar-refractivity contribution in [2.24, 2.45) is 0 Å². The van der Waals surface area contributed by atoms with Crippen LogP contribution < -0.4 is 4.90 Å². The quantitative estimate of drug-likeness (QED) is 0.157. The van der Waals surface area contributed by atoms with Gasteiger partial charge in [0.2, 0.25) is 5.95 Å². The van der Waals surface area contributed by atoms with Crippen molar-refractivity contribution in [2.45, 2.75) is 0 Å². The minimum absolute atomic E-state index is 0.570. The Morgan fingerprint density at radius 2 is 0.768 bits per heavy atom. The van der Waals surface area contributed by atoms with Crippen LogP contribution in [-0.2, 0) is 0 Å². The first-order chi connectivity index (χ1) is 27.8. The summed E-state index contributed by atoms with van der Waals surface area (Å²) in [6, 6.07) is 73.8. The van der Waals surface area contributed by atoms with Crippen LogP contribution in [0.5, 0.6) is 0 Å². The standard InChI is InChI=1S/C51H35N5/c1-4-18-36(19-5-1)41-24-10-11-28-45(41)50-52-49(53-51(54-50)56-47-30-16-13-26-43(47)44-27-14-17-31-48(44)56)38-34-32-37(33-35-38)42-25-12-15-29-46(42)55(39-20-6-2-7-21-39)40-22-8-3-9-23-40/h1-35H. The van der Waals surface area contributed by atoms with E-state index in [-0.39, 0.29) is 0 Å². The third-order valence-electron chi connectivity index (χ3n) is 10.3. The molecule has 10 aromatic rings. The molecule has 264 valence electrons. The molecule has 8 aromatic carbocycles. The minimum Gasteiger partial charge on any atom is -0.310 e. The smallest absolute Gasteiger partial charge is 0.238 e. The molecule has 56 heavy (non-hydrogen) atoms. The summed E-state index contributed by atoms with van der Waals surface area (Å²) in [5.41, 5.74) is 11.6. The van der Waals surface area contributed by atoms with Crippen LogP contribution in [0, 0.1) is 0 Å². The number of anilines is 3. The van der Waals surface area contributed by atoms with Crippen molar-refractivity contribution in [3.05, 3.63) is 212 Å². The summed E-state index contributed by atoms with van der Waals surface area (Å²) < 4.78 is 2.16. The molecule has 0 amide bonds. The summed E-state index contributed by atoms with van der Waals surface area (Å²) in [5.74, 6) is 1.79. The molecule has 2 aromatic heterocycles.